The Morgan fingerprint density at radius 2 is 1.73 bits per heavy atom. The lowest BCUT2D eigenvalue weighted by molar-refractivity contribution is -0.116. The van der Waals surface area contributed by atoms with Crippen molar-refractivity contribution in [2.45, 2.75) is 6.54 Å². The van der Waals surface area contributed by atoms with Gasteiger partial charge in [-0.1, -0.05) is 24.3 Å². The monoisotopic (exact) mass is 348 g/mol. The van der Waals surface area contributed by atoms with Crippen molar-refractivity contribution in [3.63, 3.8) is 0 Å². The molecule has 2 N–H and O–H groups in total. The second kappa shape index (κ2) is 7.22. The van der Waals surface area contributed by atoms with Crippen LogP contribution >= 0.6 is 0 Å². The second-order valence-corrected chi connectivity index (χ2v) is 6.88. The van der Waals surface area contributed by atoms with E-state index in [1.54, 1.807) is 6.20 Å². The van der Waals surface area contributed by atoms with E-state index in [-0.39, 0.29) is 5.91 Å². The van der Waals surface area contributed by atoms with Crippen molar-refractivity contribution in [2.75, 3.05) is 43.4 Å². The number of anilines is 2. The predicted molar refractivity (Wildman–Crippen MR) is 106 cm³/mol. The highest BCUT2D eigenvalue weighted by atomic mass is 16.1. The molecule has 1 amide bonds. The fourth-order valence-corrected chi connectivity index (χ4v) is 3.46. The van der Waals surface area contributed by atoms with Crippen molar-refractivity contribution in [3.05, 3.63) is 65.9 Å². The van der Waals surface area contributed by atoms with Crippen LogP contribution in [0.1, 0.15) is 11.1 Å². The van der Waals surface area contributed by atoms with Crippen LogP contribution in [0, 0.1) is 0 Å². The summed E-state index contributed by atoms with van der Waals surface area (Å²) in [6, 6.07) is 16.4. The molecule has 1 saturated heterocycles. The van der Waals surface area contributed by atoms with Gasteiger partial charge >= 0.3 is 0 Å². The van der Waals surface area contributed by atoms with Gasteiger partial charge in [0.1, 0.15) is 0 Å². The molecule has 1 fully saturated rings. The fraction of sp³-hybridized carbons (Fsp3) is 0.286. The Bertz CT molecular complexity index is 820. The van der Waals surface area contributed by atoms with E-state index in [0.29, 0.717) is 12.1 Å². The van der Waals surface area contributed by atoms with E-state index in [0.717, 1.165) is 43.0 Å². The maximum atomic E-state index is 12.2. The highest BCUT2D eigenvalue weighted by Gasteiger charge is 2.20. The van der Waals surface area contributed by atoms with E-state index in [1.165, 1.54) is 5.69 Å². The van der Waals surface area contributed by atoms with Gasteiger partial charge in [-0.05, 0) is 42.4 Å². The van der Waals surface area contributed by atoms with Crippen LogP contribution in [0.3, 0.4) is 0 Å². The van der Waals surface area contributed by atoms with Gasteiger partial charge in [-0.25, -0.2) is 0 Å². The van der Waals surface area contributed by atoms with Crippen LogP contribution in [0.15, 0.2) is 54.7 Å². The molecule has 26 heavy (non-hydrogen) atoms. The van der Waals surface area contributed by atoms with Crippen LogP contribution in [0.2, 0.25) is 0 Å². The van der Waals surface area contributed by atoms with E-state index >= 15 is 0 Å². The van der Waals surface area contributed by atoms with Crippen molar-refractivity contribution in [2.24, 2.45) is 0 Å². The van der Waals surface area contributed by atoms with Gasteiger partial charge in [0, 0.05) is 50.3 Å². The molecule has 0 unspecified atom stereocenters. The van der Waals surface area contributed by atoms with Crippen LogP contribution in [0.4, 0.5) is 11.4 Å². The van der Waals surface area contributed by atoms with Gasteiger partial charge < -0.3 is 20.4 Å². The van der Waals surface area contributed by atoms with E-state index in [2.05, 4.69) is 51.7 Å². The number of carbonyl (C=O) groups excluding carboxylic acids is 1. The Kier molecular flexibility index (Phi) is 4.63. The molecule has 5 heteroatoms. The molecule has 0 bridgehead atoms. The zero-order valence-corrected chi connectivity index (χ0v) is 15.0. The third-order valence-electron chi connectivity index (χ3n) is 5.11. The molecule has 0 aliphatic carbocycles. The van der Waals surface area contributed by atoms with E-state index < -0.39 is 0 Å². The topological polar surface area (TPSA) is 47.6 Å². The summed E-state index contributed by atoms with van der Waals surface area (Å²) in [5.74, 6) is -0.0368. The van der Waals surface area contributed by atoms with Crippen LogP contribution in [0.5, 0.6) is 0 Å². The number of likely N-dealkylation sites (N-methyl/N-ethyl adjacent to an activating group) is 1. The number of hydrogen-bond donors (Lipinski definition) is 2. The van der Waals surface area contributed by atoms with Crippen LogP contribution in [0.25, 0.3) is 5.57 Å². The SMILES string of the molecule is CN1CCN(c2ccc(NC=C3C(=O)NCc4ccccc43)cc2)CC1. The minimum absolute atomic E-state index is 0.0368. The Balaban J connectivity index is 1.48. The highest BCUT2D eigenvalue weighted by molar-refractivity contribution is 6.21. The summed E-state index contributed by atoms with van der Waals surface area (Å²) in [4.78, 5) is 17.0. The van der Waals surface area contributed by atoms with Gasteiger partial charge in [-0.3, -0.25) is 4.79 Å². The number of benzene rings is 2. The average molecular weight is 348 g/mol. The van der Waals surface area contributed by atoms with Crippen LogP contribution < -0.4 is 15.5 Å². The van der Waals surface area contributed by atoms with Gasteiger partial charge in [-0.2, -0.15) is 0 Å². The normalized spacial score (nSPS) is 19.2. The van der Waals surface area contributed by atoms with Gasteiger partial charge in [-0.15, -0.1) is 0 Å². The number of carbonyl (C=O) groups is 1. The molecule has 2 aliphatic rings. The summed E-state index contributed by atoms with van der Waals surface area (Å²) in [7, 11) is 2.16. The summed E-state index contributed by atoms with van der Waals surface area (Å²) in [6.45, 7) is 4.90. The van der Waals surface area contributed by atoms with Crippen molar-refractivity contribution in [1.82, 2.24) is 10.2 Å². The number of nitrogens with zero attached hydrogens (tertiary/aromatic N) is 2. The maximum Gasteiger partial charge on any atom is 0.253 e. The van der Waals surface area contributed by atoms with Crippen LogP contribution in [-0.4, -0.2) is 44.0 Å². The second-order valence-electron chi connectivity index (χ2n) is 6.88. The lowest BCUT2D eigenvalue weighted by Gasteiger charge is -2.34. The largest absolute Gasteiger partial charge is 0.369 e. The molecular weight excluding hydrogens is 324 g/mol. The number of hydrogen-bond acceptors (Lipinski definition) is 4. The van der Waals surface area contributed by atoms with Gasteiger partial charge in [0.2, 0.25) is 0 Å². The minimum atomic E-state index is -0.0368. The molecule has 2 aliphatic heterocycles. The van der Waals surface area contributed by atoms with E-state index in [9.17, 15) is 4.79 Å². The average Bonchev–Trinajstić information content (AvgIpc) is 2.68. The van der Waals surface area contributed by atoms with E-state index in [1.807, 2.05) is 24.3 Å². The first kappa shape index (κ1) is 16.7. The molecule has 4 rings (SSSR count). The minimum Gasteiger partial charge on any atom is -0.369 e. The summed E-state index contributed by atoms with van der Waals surface area (Å²) in [5, 5.41) is 6.20. The van der Waals surface area contributed by atoms with Crippen LogP contribution in [-0.2, 0) is 11.3 Å². The van der Waals surface area contributed by atoms with Gasteiger partial charge in [0.25, 0.3) is 5.91 Å². The first-order chi connectivity index (χ1) is 12.7. The van der Waals surface area contributed by atoms with Crippen molar-refractivity contribution < 1.29 is 4.79 Å². The molecule has 0 radical (unpaired) electrons. The summed E-state index contributed by atoms with van der Waals surface area (Å²) >= 11 is 0. The number of nitrogens with one attached hydrogen (secondary N) is 2. The van der Waals surface area contributed by atoms with Crippen molar-refractivity contribution in [3.8, 4) is 0 Å². The number of amides is 1. The number of piperazine rings is 1. The Labute approximate surface area is 154 Å². The smallest absolute Gasteiger partial charge is 0.253 e. The first-order valence-electron chi connectivity index (χ1n) is 9.07. The molecular formula is C21H24N4O. The quantitative estimate of drug-likeness (QED) is 0.837. The lowest BCUT2D eigenvalue weighted by atomic mass is 9.96. The summed E-state index contributed by atoms with van der Waals surface area (Å²) < 4.78 is 0. The zero-order chi connectivity index (χ0) is 17.9. The lowest BCUT2D eigenvalue weighted by Crippen LogP contribution is -2.44. The molecule has 2 aromatic rings. The molecule has 2 aromatic carbocycles. The molecule has 5 nitrogen and oxygen atoms in total. The molecule has 0 spiro atoms. The highest BCUT2D eigenvalue weighted by Crippen LogP contribution is 2.24. The third-order valence-corrected chi connectivity index (χ3v) is 5.11. The third kappa shape index (κ3) is 3.44. The molecule has 0 aromatic heterocycles. The Hall–Kier alpha value is -2.79. The molecule has 2 heterocycles. The first-order valence-corrected chi connectivity index (χ1v) is 9.07. The van der Waals surface area contributed by atoms with Gasteiger partial charge in [0.05, 0.1) is 5.57 Å². The fourth-order valence-electron chi connectivity index (χ4n) is 3.46. The molecule has 0 saturated carbocycles. The van der Waals surface area contributed by atoms with Crippen molar-refractivity contribution in [1.29, 1.82) is 0 Å². The predicted octanol–water partition coefficient (Wildman–Crippen LogP) is 2.52. The molecule has 134 valence electrons. The maximum absolute atomic E-state index is 12.2. The van der Waals surface area contributed by atoms with E-state index in [4.69, 9.17) is 0 Å². The Morgan fingerprint density at radius 1 is 1.00 bits per heavy atom. The Morgan fingerprint density at radius 3 is 2.50 bits per heavy atom. The van der Waals surface area contributed by atoms with Crippen molar-refractivity contribution >= 4 is 22.9 Å². The molecule has 0 atom stereocenters. The standard InChI is InChI=1S/C21H24N4O/c1-24-10-12-25(13-11-24)18-8-6-17(7-9-18)22-15-20-19-5-3-2-4-16(19)14-23-21(20)26/h2-9,15,22H,10-14H2,1H3,(H,23,26). The van der Waals surface area contributed by atoms with Gasteiger partial charge in [0.15, 0.2) is 0 Å². The summed E-state index contributed by atoms with van der Waals surface area (Å²) in [6.07, 6.45) is 1.80. The summed E-state index contributed by atoms with van der Waals surface area (Å²) in [5.41, 5.74) is 5.04. The zero-order valence-electron chi connectivity index (χ0n) is 15.0. The number of rotatable bonds is 3. The number of fused-ring (bicyclic) bond motifs is 1.